The van der Waals surface area contributed by atoms with Crippen LogP contribution in [-0.2, 0) is 14.3 Å². The van der Waals surface area contributed by atoms with Crippen LogP contribution in [0.15, 0.2) is 0 Å². The van der Waals surface area contributed by atoms with Crippen molar-refractivity contribution in [1.82, 2.24) is 9.80 Å². The van der Waals surface area contributed by atoms with Crippen molar-refractivity contribution >= 4 is 18.0 Å². The quantitative estimate of drug-likeness (QED) is 0.842. The van der Waals surface area contributed by atoms with E-state index in [0.29, 0.717) is 13.1 Å². The minimum Gasteiger partial charge on any atom is -0.480 e. The molecule has 1 saturated heterocycles. The minimum atomic E-state index is -1.04. The summed E-state index contributed by atoms with van der Waals surface area (Å²) >= 11 is 0. The lowest BCUT2D eigenvalue weighted by Gasteiger charge is -2.30. The number of likely N-dealkylation sites (tertiary alicyclic amines) is 1. The molecule has 120 valence electrons. The molecule has 0 saturated carbocycles. The van der Waals surface area contributed by atoms with Gasteiger partial charge in [-0.05, 0) is 46.7 Å². The average Bonchev–Trinajstić information content (AvgIpc) is 2.79. The number of amides is 2. The Hall–Kier alpha value is -1.63. The average molecular weight is 300 g/mol. The van der Waals surface area contributed by atoms with Gasteiger partial charge >= 0.3 is 12.1 Å². The summed E-state index contributed by atoms with van der Waals surface area (Å²) in [7, 11) is 0. The number of carboxylic acids is 1. The number of hydrogen-bond acceptors (Lipinski definition) is 5. The smallest absolute Gasteiger partial charge is 0.417 e. The van der Waals surface area contributed by atoms with Crippen LogP contribution in [0.3, 0.4) is 0 Å². The fourth-order valence-corrected chi connectivity index (χ4v) is 2.22. The molecule has 1 atom stereocenters. The zero-order valence-electron chi connectivity index (χ0n) is 13.1. The Bertz CT molecular complexity index is 410. The number of imide groups is 1. The number of carboxylic acid groups (broad SMARTS) is 1. The number of ether oxygens (including phenoxy) is 1. The first-order chi connectivity index (χ1) is 9.61. The van der Waals surface area contributed by atoms with Crippen LogP contribution in [0.5, 0.6) is 0 Å². The van der Waals surface area contributed by atoms with E-state index in [1.165, 1.54) is 6.92 Å². The lowest BCUT2D eigenvalue weighted by Crippen LogP contribution is -2.51. The van der Waals surface area contributed by atoms with Crippen molar-refractivity contribution in [3.05, 3.63) is 0 Å². The monoisotopic (exact) mass is 300 g/mol. The highest BCUT2D eigenvalue weighted by Gasteiger charge is 2.34. The van der Waals surface area contributed by atoms with E-state index < -0.39 is 29.6 Å². The molecule has 1 unspecified atom stereocenters. The zero-order chi connectivity index (χ0) is 16.2. The van der Waals surface area contributed by atoms with Gasteiger partial charge in [-0.15, -0.1) is 0 Å². The van der Waals surface area contributed by atoms with Crippen molar-refractivity contribution < 1.29 is 24.2 Å². The number of carbonyl (C=O) groups excluding carboxylic acids is 2. The number of nitrogens with zero attached hydrogens (tertiary/aromatic N) is 2. The topological polar surface area (TPSA) is 87.2 Å². The molecule has 1 heterocycles. The minimum absolute atomic E-state index is 0.195. The molecule has 1 N–H and O–H groups in total. The van der Waals surface area contributed by atoms with Crippen LogP contribution in [0, 0.1) is 0 Å². The molecule has 2 amide bonds. The fourth-order valence-electron chi connectivity index (χ4n) is 2.22. The Kier molecular flexibility index (Phi) is 5.71. The first-order valence-electron chi connectivity index (χ1n) is 7.10. The molecule has 0 aromatic heterocycles. The van der Waals surface area contributed by atoms with E-state index in [1.807, 2.05) is 0 Å². The first-order valence-corrected chi connectivity index (χ1v) is 7.10. The second kappa shape index (κ2) is 6.89. The molecule has 0 aromatic carbocycles. The van der Waals surface area contributed by atoms with Gasteiger partial charge in [-0.2, -0.15) is 0 Å². The van der Waals surface area contributed by atoms with Crippen LogP contribution in [0.2, 0.25) is 0 Å². The molecule has 0 aliphatic carbocycles. The lowest BCUT2D eigenvalue weighted by atomic mass is 10.2. The maximum absolute atomic E-state index is 12.0. The molecule has 7 heteroatoms. The third kappa shape index (κ3) is 5.34. The van der Waals surface area contributed by atoms with E-state index >= 15 is 0 Å². The predicted octanol–water partition coefficient (Wildman–Crippen LogP) is 1.32. The third-order valence-corrected chi connectivity index (χ3v) is 3.22. The Morgan fingerprint density at radius 3 is 2.14 bits per heavy atom. The molecular formula is C14H24N2O5. The molecule has 1 aliphatic rings. The van der Waals surface area contributed by atoms with Crippen molar-refractivity contribution in [3.8, 4) is 0 Å². The molecular weight excluding hydrogens is 276 g/mol. The molecule has 21 heavy (non-hydrogen) atoms. The Labute approximate surface area is 124 Å². The van der Waals surface area contributed by atoms with Crippen LogP contribution in [0.1, 0.15) is 40.5 Å². The number of aliphatic carboxylic acids is 1. The third-order valence-electron chi connectivity index (χ3n) is 3.22. The van der Waals surface area contributed by atoms with Crippen LogP contribution >= 0.6 is 0 Å². The summed E-state index contributed by atoms with van der Waals surface area (Å²) in [6, 6.07) is -0.885. The summed E-state index contributed by atoms with van der Waals surface area (Å²) in [5.41, 5.74) is -0.739. The van der Waals surface area contributed by atoms with Gasteiger partial charge in [0.25, 0.3) is 0 Å². The summed E-state index contributed by atoms with van der Waals surface area (Å²) < 4.78 is 5.16. The predicted molar refractivity (Wildman–Crippen MR) is 75.9 cm³/mol. The van der Waals surface area contributed by atoms with Gasteiger partial charge in [0.1, 0.15) is 11.6 Å². The van der Waals surface area contributed by atoms with Crippen molar-refractivity contribution in [2.45, 2.75) is 52.2 Å². The van der Waals surface area contributed by atoms with Crippen molar-refractivity contribution in [2.75, 3.05) is 19.6 Å². The van der Waals surface area contributed by atoms with Gasteiger partial charge < -0.3 is 9.84 Å². The van der Waals surface area contributed by atoms with Gasteiger partial charge in [-0.1, -0.05) is 0 Å². The molecule has 0 bridgehead atoms. The maximum atomic E-state index is 12.0. The largest absolute Gasteiger partial charge is 0.480 e. The molecule has 1 rings (SSSR count). The van der Waals surface area contributed by atoms with Crippen LogP contribution < -0.4 is 0 Å². The van der Waals surface area contributed by atoms with Crippen molar-refractivity contribution in [3.63, 3.8) is 0 Å². The summed E-state index contributed by atoms with van der Waals surface area (Å²) in [5.74, 6) is -1.55. The summed E-state index contributed by atoms with van der Waals surface area (Å²) in [6.07, 6.45) is 1.05. The summed E-state index contributed by atoms with van der Waals surface area (Å²) in [5, 5.41) is 9.35. The summed E-state index contributed by atoms with van der Waals surface area (Å²) in [6.45, 7) is 7.44. The Morgan fingerprint density at radius 2 is 1.76 bits per heavy atom. The van der Waals surface area contributed by atoms with Crippen LogP contribution in [0.4, 0.5) is 4.79 Å². The highest BCUT2D eigenvalue weighted by atomic mass is 16.6. The van der Waals surface area contributed by atoms with Gasteiger partial charge in [0.2, 0.25) is 5.91 Å². The molecule has 1 aliphatic heterocycles. The van der Waals surface area contributed by atoms with Gasteiger partial charge in [-0.25, -0.2) is 9.69 Å². The van der Waals surface area contributed by atoms with E-state index in [4.69, 9.17) is 4.74 Å². The highest BCUT2D eigenvalue weighted by Crippen LogP contribution is 2.15. The number of carbonyl (C=O) groups is 3. The van der Waals surface area contributed by atoms with Crippen LogP contribution in [0.25, 0.3) is 0 Å². The van der Waals surface area contributed by atoms with E-state index in [2.05, 4.69) is 0 Å². The van der Waals surface area contributed by atoms with E-state index in [0.717, 1.165) is 17.7 Å². The van der Waals surface area contributed by atoms with Gasteiger partial charge in [0.15, 0.2) is 0 Å². The zero-order valence-corrected chi connectivity index (χ0v) is 13.1. The molecule has 0 spiro atoms. The normalized spacial score (nSPS) is 17.3. The Morgan fingerprint density at radius 1 is 1.24 bits per heavy atom. The van der Waals surface area contributed by atoms with Crippen LogP contribution in [-0.4, -0.2) is 64.2 Å². The molecule has 0 aromatic rings. The van der Waals surface area contributed by atoms with Gasteiger partial charge in [0.05, 0.1) is 6.54 Å². The Balaban J connectivity index is 2.82. The van der Waals surface area contributed by atoms with Gasteiger partial charge in [-0.3, -0.25) is 14.5 Å². The number of rotatable bonds is 4. The molecule has 0 radical (unpaired) electrons. The fraction of sp³-hybridized carbons (Fsp3) is 0.786. The van der Waals surface area contributed by atoms with E-state index in [9.17, 15) is 19.5 Å². The first kappa shape index (κ1) is 17.4. The maximum Gasteiger partial charge on any atom is 0.417 e. The van der Waals surface area contributed by atoms with Gasteiger partial charge in [0, 0.05) is 6.92 Å². The molecule has 7 nitrogen and oxygen atoms in total. The van der Waals surface area contributed by atoms with E-state index in [-0.39, 0.29) is 6.54 Å². The standard InChI is InChI=1S/C14H24N2O5/c1-10(17)16(13(20)21-14(2,3)4)9-11(12(18)19)15-7-5-6-8-15/h11H,5-9H2,1-4H3,(H,18,19). The second-order valence-corrected chi connectivity index (χ2v) is 6.21. The lowest BCUT2D eigenvalue weighted by molar-refractivity contribution is -0.144. The van der Waals surface area contributed by atoms with E-state index in [1.54, 1.807) is 25.7 Å². The highest BCUT2D eigenvalue weighted by molar-refractivity contribution is 5.91. The SMILES string of the molecule is CC(=O)N(CC(C(=O)O)N1CCCC1)C(=O)OC(C)(C)C. The summed E-state index contributed by atoms with van der Waals surface area (Å²) in [4.78, 5) is 37.8. The second-order valence-electron chi connectivity index (χ2n) is 6.21. The number of hydrogen-bond donors (Lipinski definition) is 1. The van der Waals surface area contributed by atoms with Crippen molar-refractivity contribution in [2.24, 2.45) is 0 Å². The molecule has 1 fully saturated rings. The van der Waals surface area contributed by atoms with Crippen molar-refractivity contribution in [1.29, 1.82) is 0 Å².